The molecule has 114 valence electrons. The Morgan fingerprint density at radius 1 is 1.24 bits per heavy atom. The van der Waals surface area contributed by atoms with E-state index in [1.807, 2.05) is 0 Å². The van der Waals surface area contributed by atoms with E-state index in [0.717, 1.165) is 25.7 Å². The molecule has 0 atom stereocenters. The van der Waals surface area contributed by atoms with Crippen LogP contribution in [0.1, 0.15) is 38.5 Å². The molecule has 0 unspecified atom stereocenters. The van der Waals surface area contributed by atoms with Crippen LogP contribution in [-0.2, 0) is 10.0 Å². The number of hydrogen-bond acceptors (Lipinski definition) is 3. The normalized spacial score (nSPS) is 18.7. The van der Waals surface area contributed by atoms with E-state index in [1.165, 1.54) is 12.1 Å². The summed E-state index contributed by atoms with van der Waals surface area (Å²) in [6, 6.07) is 6.76. The minimum absolute atomic E-state index is 0.00578. The molecule has 2 rings (SSSR count). The minimum atomic E-state index is -3.82. The summed E-state index contributed by atoms with van der Waals surface area (Å²) in [7, 11) is -3.82. The third-order valence-electron chi connectivity index (χ3n) is 3.68. The molecule has 1 aliphatic carbocycles. The number of nitriles is 1. The van der Waals surface area contributed by atoms with Gasteiger partial charge in [-0.1, -0.05) is 53.2 Å². The van der Waals surface area contributed by atoms with Crippen molar-refractivity contribution in [2.24, 2.45) is 0 Å². The molecule has 1 N–H and O–H groups in total. The average molecular weight is 392 g/mol. The van der Waals surface area contributed by atoms with E-state index in [2.05, 4.69) is 26.7 Å². The second-order valence-electron chi connectivity index (χ2n) is 5.29. The van der Waals surface area contributed by atoms with Crippen LogP contribution in [0, 0.1) is 11.3 Å². The van der Waals surface area contributed by atoms with Crippen molar-refractivity contribution in [1.29, 1.82) is 5.26 Å². The summed E-state index contributed by atoms with van der Waals surface area (Å²) in [5, 5.41) is 9.61. The van der Waals surface area contributed by atoms with Crippen molar-refractivity contribution in [3.05, 3.63) is 27.7 Å². The molecule has 0 aliphatic heterocycles. The van der Waals surface area contributed by atoms with Crippen LogP contribution in [0.3, 0.4) is 0 Å². The average Bonchev–Trinajstić information content (AvgIpc) is 2.64. The van der Waals surface area contributed by atoms with Gasteiger partial charge in [0.05, 0.1) is 11.1 Å². The largest absolute Gasteiger partial charge is 0.243 e. The molecular formula is C14H16BrClN2O2S. The van der Waals surface area contributed by atoms with Crippen LogP contribution in [0.4, 0.5) is 0 Å². The Bertz CT molecular complexity index is 662. The third kappa shape index (κ3) is 3.98. The summed E-state index contributed by atoms with van der Waals surface area (Å²) in [4.78, 5) is 0.00578. The van der Waals surface area contributed by atoms with E-state index < -0.39 is 15.6 Å². The summed E-state index contributed by atoms with van der Waals surface area (Å²) < 4.78 is 28.4. The zero-order chi connectivity index (χ0) is 15.5. The molecule has 0 heterocycles. The van der Waals surface area contributed by atoms with Gasteiger partial charge in [-0.05, 0) is 31.0 Å². The van der Waals surface area contributed by atoms with E-state index in [9.17, 15) is 13.7 Å². The van der Waals surface area contributed by atoms with Crippen molar-refractivity contribution in [2.45, 2.75) is 49.0 Å². The Kier molecular flexibility index (Phi) is 5.31. The lowest BCUT2D eigenvalue weighted by atomic mass is 9.94. The first kappa shape index (κ1) is 16.8. The van der Waals surface area contributed by atoms with E-state index in [4.69, 9.17) is 11.6 Å². The highest BCUT2D eigenvalue weighted by Crippen LogP contribution is 2.31. The van der Waals surface area contributed by atoms with Crippen LogP contribution in [0.5, 0.6) is 0 Å². The fourth-order valence-corrected chi connectivity index (χ4v) is 4.99. The maximum atomic E-state index is 12.5. The third-order valence-corrected chi connectivity index (χ3v) is 6.20. The zero-order valence-electron chi connectivity index (χ0n) is 11.4. The van der Waals surface area contributed by atoms with Gasteiger partial charge in [-0.3, -0.25) is 0 Å². The topological polar surface area (TPSA) is 70.0 Å². The first-order valence-corrected chi connectivity index (χ1v) is 9.44. The van der Waals surface area contributed by atoms with Crippen molar-refractivity contribution in [3.8, 4) is 6.07 Å². The summed E-state index contributed by atoms with van der Waals surface area (Å²) in [5.41, 5.74) is -1.02. The fraction of sp³-hybridized carbons (Fsp3) is 0.500. The highest BCUT2D eigenvalue weighted by molar-refractivity contribution is 9.10. The van der Waals surface area contributed by atoms with Crippen molar-refractivity contribution in [1.82, 2.24) is 4.72 Å². The molecule has 1 saturated carbocycles. The number of hydrogen-bond donors (Lipinski definition) is 1. The molecule has 4 nitrogen and oxygen atoms in total. The molecule has 1 aromatic rings. The van der Waals surface area contributed by atoms with Gasteiger partial charge >= 0.3 is 0 Å². The molecule has 0 spiro atoms. The van der Waals surface area contributed by atoms with Crippen LogP contribution >= 0.6 is 27.5 Å². The lowest BCUT2D eigenvalue weighted by Crippen LogP contribution is -2.46. The van der Waals surface area contributed by atoms with Gasteiger partial charge < -0.3 is 0 Å². The van der Waals surface area contributed by atoms with Gasteiger partial charge in [-0.2, -0.15) is 9.98 Å². The standard InChI is InChI=1S/C14H16BrClN2O2S/c15-11-5-6-13(12(16)9-11)21(19,20)18-14(10-17)7-3-1-2-4-8-14/h5-6,9,18H,1-4,7-8H2. The first-order valence-electron chi connectivity index (χ1n) is 6.79. The number of rotatable bonds is 3. The maximum Gasteiger partial charge on any atom is 0.243 e. The van der Waals surface area contributed by atoms with E-state index in [0.29, 0.717) is 17.3 Å². The molecule has 21 heavy (non-hydrogen) atoms. The highest BCUT2D eigenvalue weighted by Gasteiger charge is 2.36. The maximum absolute atomic E-state index is 12.5. The lowest BCUT2D eigenvalue weighted by Gasteiger charge is -2.26. The van der Waals surface area contributed by atoms with Crippen molar-refractivity contribution in [3.63, 3.8) is 0 Å². The van der Waals surface area contributed by atoms with Gasteiger partial charge in [-0.25, -0.2) is 8.42 Å². The minimum Gasteiger partial charge on any atom is -0.207 e. The van der Waals surface area contributed by atoms with E-state index >= 15 is 0 Å². The Labute approximate surface area is 138 Å². The van der Waals surface area contributed by atoms with Gasteiger partial charge in [0, 0.05) is 4.47 Å². The SMILES string of the molecule is N#CC1(NS(=O)(=O)c2ccc(Br)cc2Cl)CCCCCC1. The molecule has 1 fully saturated rings. The summed E-state index contributed by atoms with van der Waals surface area (Å²) in [5.74, 6) is 0. The molecule has 0 bridgehead atoms. The quantitative estimate of drug-likeness (QED) is 0.792. The van der Waals surface area contributed by atoms with Gasteiger partial charge in [0.1, 0.15) is 10.4 Å². The van der Waals surface area contributed by atoms with Crippen LogP contribution < -0.4 is 4.72 Å². The number of nitrogens with zero attached hydrogens (tertiary/aromatic N) is 1. The van der Waals surface area contributed by atoms with Crippen LogP contribution in [0.15, 0.2) is 27.6 Å². The van der Waals surface area contributed by atoms with Gasteiger partial charge in [0.15, 0.2) is 0 Å². The molecule has 0 amide bonds. The van der Waals surface area contributed by atoms with E-state index in [-0.39, 0.29) is 9.92 Å². The number of halogens is 2. The summed E-state index contributed by atoms with van der Waals surface area (Å²) in [6.45, 7) is 0. The Hall–Kier alpha value is -0.610. The molecule has 7 heteroatoms. The molecule has 1 aromatic carbocycles. The van der Waals surface area contributed by atoms with Crippen LogP contribution in [-0.4, -0.2) is 14.0 Å². The van der Waals surface area contributed by atoms with Gasteiger partial charge in [0.2, 0.25) is 10.0 Å². The second kappa shape index (κ2) is 6.66. The molecular weight excluding hydrogens is 376 g/mol. The van der Waals surface area contributed by atoms with Gasteiger partial charge in [-0.15, -0.1) is 0 Å². The highest BCUT2D eigenvalue weighted by atomic mass is 79.9. The Morgan fingerprint density at radius 3 is 2.38 bits per heavy atom. The van der Waals surface area contributed by atoms with Crippen LogP contribution in [0.25, 0.3) is 0 Å². The monoisotopic (exact) mass is 390 g/mol. The fourth-order valence-electron chi connectivity index (χ4n) is 2.57. The number of sulfonamides is 1. The molecule has 0 saturated heterocycles. The Morgan fingerprint density at radius 2 is 1.86 bits per heavy atom. The smallest absolute Gasteiger partial charge is 0.207 e. The van der Waals surface area contributed by atoms with Crippen molar-refractivity contribution in [2.75, 3.05) is 0 Å². The molecule has 1 aliphatic rings. The zero-order valence-corrected chi connectivity index (χ0v) is 14.6. The summed E-state index contributed by atoms with van der Waals surface area (Å²) in [6.07, 6.45) is 4.84. The first-order chi connectivity index (χ1) is 9.88. The number of nitrogens with one attached hydrogen (secondary N) is 1. The second-order valence-corrected chi connectivity index (χ2v) is 8.26. The van der Waals surface area contributed by atoms with E-state index in [1.54, 1.807) is 6.07 Å². The van der Waals surface area contributed by atoms with Gasteiger partial charge in [0.25, 0.3) is 0 Å². The van der Waals surface area contributed by atoms with Crippen LogP contribution in [0.2, 0.25) is 5.02 Å². The lowest BCUT2D eigenvalue weighted by molar-refractivity contribution is 0.422. The molecule has 0 radical (unpaired) electrons. The Balaban J connectivity index is 2.33. The predicted octanol–water partition coefficient (Wildman–Crippen LogP) is 4.00. The summed E-state index contributed by atoms with van der Waals surface area (Å²) >= 11 is 9.26. The predicted molar refractivity (Wildman–Crippen MR) is 85.5 cm³/mol. The number of benzene rings is 1. The molecule has 0 aromatic heterocycles. The van der Waals surface area contributed by atoms with Crippen molar-refractivity contribution >= 4 is 37.6 Å². The van der Waals surface area contributed by atoms with Crippen molar-refractivity contribution < 1.29 is 8.42 Å².